The maximum atomic E-state index is 2.38. The first-order valence-corrected chi connectivity index (χ1v) is 6.84. The Hall–Kier alpha value is -1.04. The van der Waals surface area contributed by atoms with E-state index in [1.54, 1.807) is 0 Å². The van der Waals surface area contributed by atoms with Crippen LogP contribution in [-0.2, 0) is 0 Å². The fourth-order valence-corrected chi connectivity index (χ4v) is 2.07. The van der Waals surface area contributed by atoms with Gasteiger partial charge in [0.2, 0.25) is 0 Å². The Bertz CT molecular complexity index is 346. The van der Waals surface area contributed by atoms with Gasteiger partial charge in [-0.3, -0.25) is 0 Å². The molecule has 0 heterocycles. The molecule has 0 aromatic rings. The Morgan fingerprint density at radius 2 is 2.06 bits per heavy atom. The second kappa shape index (κ2) is 7.32. The Balaban J connectivity index is 2.60. The first-order chi connectivity index (χ1) is 8.13. The van der Waals surface area contributed by atoms with E-state index in [1.165, 1.54) is 29.6 Å². The molecule has 0 aromatic heterocycles. The standard InChI is InChI=1S/C17H26/c1-5-7-16-8-6-9-17(13-12-16)15(4)11-10-14(2)3/h8-10,12-13,15H,5-7,11H2,1-4H3. The molecule has 0 spiro atoms. The van der Waals surface area contributed by atoms with Gasteiger partial charge in [-0.05, 0) is 44.6 Å². The minimum Gasteiger partial charge on any atom is -0.0853 e. The molecule has 0 saturated heterocycles. The van der Waals surface area contributed by atoms with Gasteiger partial charge in [-0.1, -0.05) is 61.8 Å². The number of hydrogen-bond acceptors (Lipinski definition) is 0. The highest BCUT2D eigenvalue weighted by atomic mass is 14.1. The molecular formula is C17H26. The van der Waals surface area contributed by atoms with Gasteiger partial charge in [0.25, 0.3) is 0 Å². The van der Waals surface area contributed by atoms with E-state index in [1.807, 2.05) is 0 Å². The fourth-order valence-electron chi connectivity index (χ4n) is 2.07. The van der Waals surface area contributed by atoms with Gasteiger partial charge in [0.15, 0.2) is 0 Å². The molecule has 0 heteroatoms. The number of allylic oxidation sites excluding steroid dienone is 8. The van der Waals surface area contributed by atoms with E-state index >= 15 is 0 Å². The molecule has 1 aliphatic carbocycles. The van der Waals surface area contributed by atoms with Crippen molar-refractivity contribution in [3.05, 3.63) is 47.1 Å². The van der Waals surface area contributed by atoms with Crippen LogP contribution in [0.1, 0.15) is 53.4 Å². The highest BCUT2D eigenvalue weighted by molar-refractivity contribution is 5.33. The Kier molecular flexibility index (Phi) is 6.04. The highest BCUT2D eigenvalue weighted by Crippen LogP contribution is 2.22. The van der Waals surface area contributed by atoms with Crippen molar-refractivity contribution in [2.45, 2.75) is 53.4 Å². The maximum Gasteiger partial charge on any atom is -0.0157 e. The zero-order valence-electron chi connectivity index (χ0n) is 11.8. The summed E-state index contributed by atoms with van der Waals surface area (Å²) in [4.78, 5) is 0. The molecule has 0 N–H and O–H groups in total. The van der Waals surface area contributed by atoms with Gasteiger partial charge in [-0.2, -0.15) is 0 Å². The third-order valence-electron chi connectivity index (χ3n) is 3.21. The van der Waals surface area contributed by atoms with Crippen molar-refractivity contribution in [2.24, 2.45) is 5.92 Å². The lowest BCUT2D eigenvalue weighted by Crippen LogP contribution is -1.95. The summed E-state index contributed by atoms with van der Waals surface area (Å²) in [6.07, 6.45) is 16.4. The van der Waals surface area contributed by atoms with Crippen LogP contribution in [0.15, 0.2) is 47.1 Å². The summed E-state index contributed by atoms with van der Waals surface area (Å²) in [5.74, 6) is 0.635. The van der Waals surface area contributed by atoms with Gasteiger partial charge in [-0.25, -0.2) is 0 Å². The first kappa shape index (κ1) is 14.0. The van der Waals surface area contributed by atoms with E-state index in [0.717, 1.165) is 12.8 Å². The monoisotopic (exact) mass is 230 g/mol. The van der Waals surface area contributed by atoms with Crippen molar-refractivity contribution in [1.29, 1.82) is 0 Å². The molecule has 0 amide bonds. The minimum atomic E-state index is 0.635. The molecule has 0 aromatic carbocycles. The fraction of sp³-hybridized carbons (Fsp3) is 0.529. The van der Waals surface area contributed by atoms with Crippen LogP contribution in [0.2, 0.25) is 0 Å². The van der Waals surface area contributed by atoms with Gasteiger partial charge in [-0.15, -0.1) is 0 Å². The number of hydrogen-bond donors (Lipinski definition) is 0. The van der Waals surface area contributed by atoms with Crippen LogP contribution in [0, 0.1) is 5.92 Å². The lowest BCUT2D eigenvalue weighted by molar-refractivity contribution is 0.706. The molecule has 1 atom stereocenters. The summed E-state index contributed by atoms with van der Waals surface area (Å²) >= 11 is 0. The molecule has 94 valence electrons. The molecule has 1 aliphatic rings. The molecule has 1 rings (SSSR count). The lowest BCUT2D eigenvalue weighted by Gasteiger charge is -2.10. The largest absolute Gasteiger partial charge is 0.0853 e. The molecule has 1 unspecified atom stereocenters. The third kappa shape index (κ3) is 5.21. The predicted molar refractivity (Wildman–Crippen MR) is 78.0 cm³/mol. The minimum absolute atomic E-state index is 0.635. The van der Waals surface area contributed by atoms with Crippen LogP contribution in [0.5, 0.6) is 0 Å². The van der Waals surface area contributed by atoms with Gasteiger partial charge in [0, 0.05) is 0 Å². The van der Waals surface area contributed by atoms with Crippen molar-refractivity contribution in [3.8, 4) is 0 Å². The highest BCUT2D eigenvalue weighted by Gasteiger charge is 2.06. The lowest BCUT2D eigenvalue weighted by atomic mass is 9.95. The summed E-state index contributed by atoms with van der Waals surface area (Å²) in [7, 11) is 0. The van der Waals surface area contributed by atoms with Crippen molar-refractivity contribution in [3.63, 3.8) is 0 Å². The van der Waals surface area contributed by atoms with E-state index in [2.05, 4.69) is 58.1 Å². The zero-order chi connectivity index (χ0) is 12.7. The SMILES string of the molecule is CCCC1=CCC=C(C(C)CC=C(C)C)C=C1. The van der Waals surface area contributed by atoms with Crippen LogP contribution >= 0.6 is 0 Å². The third-order valence-corrected chi connectivity index (χ3v) is 3.21. The van der Waals surface area contributed by atoms with Crippen molar-refractivity contribution < 1.29 is 0 Å². The number of rotatable bonds is 5. The Labute approximate surface area is 107 Å². The first-order valence-electron chi connectivity index (χ1n) is 6.84. The smallest absolute Gasteiger partial charge is 0.0157 e. The van der Waals surface area contributed by atoms with Gasteiger partial charge >= 0.3 is 0 Å². The van der Waals surface area contributed by atoms with Gasteiger partial charge in [0.1, 0.15) is 0 Å². The van der Waals surface area contributed by atoms with Crippen LogP contribution in [0.4, 0.5) is 0 Å². The summed E-state index contributed by atoms with van der Waals surface area (Å²) in [5.41, 5.74) is 4.40. The van der Waals surface area contributed by atoms with Crippen molar-refractivity contribution in [1.82, 2.24) is 0 Å². The van der Waals surface area contributed by atoms with Crippen LogP contribution < -0.4 is 0 Å². The molecule has 0 fully saturated rings. The second-order valence-corrected chi connectivity index (χ2v) is 5.22. The zero-order valence-corrected chi connectivity index (χ0v) is 11.8. The van der Waals surface area contributed by atoms with E-state index < -0.39 is 0 Å². The quantitative estimate of drug-likeness (QED) is 0.540. The van der Waals surface area contributed by atoms with E-state index in [9.17, 15) is 0 Å². The maximum absolute atomic E-state index is 2.38. The Morgan fingerprint density at radius 1 is 1.29 bits per heavy atom. The molecule has 0 radical (unpaired) electrons. The van der Waals surface area contributed by atoms with Crippen LogP contribution in [0.25, 0.3) is 0 Å². The summed E-state index contributed by atoms with van der Waals surface area (Å²) < 4.78 is 0. The van der Waals surface area contributed by atoms with Crippen molar-refractivity contribution >= 4 is 0 Å². The van der Waals surface area contributed by atoms with Crippen LogP contribution in [0.3, 0.4) is 0 Å². The summed E-state index contributed by atoms with van der Waals surface area (Å²) in [6, 6.07) is 0. The topological polar surface area (TPSA) is 0 Å². The predicted octanol–water partition coefficient (Wildman–Crippen LogP) is 5.59. The second-order valence-electron chi connectivity index (χ2n) is 5.22. The molecular weight excluding hydrogens is 204 g/mol. The molecule has 17 heavy (non-hydrogen) atoms. The van der Waals surface area contributed by atoms with E-state index in [4.69, 9.17) is 0 Å². The van der Waals surface area contributed by atoms with Gasteiger partial charge < -0.3 is 0 Å². The molecule has 0 aliphatic heterocycles. The Morgan fingerprint density at radius 3 is 2.71 bits per heavy atom. The summed E-state index contributed by atoms with van der Waals surface area (Å²) in [5, 5.41) is 0. The van der Waals surface area contributed by atoms with E-state index in [0.29, 0.717) is 5.92 Å². The van der Waals surface area contributed by atoms with Gasteiger partial charge in [0.05, 0.1) is 0 Å². The average Bonchev–Trinajstić information content (AvgIpc) is 2.52. The normalized spacial score (nSPS) is 16.9. The average molecular weight is 230 g/mol. The summed E-state index contributed by atoms with van der Waals surface area (Å²) in [6.45, 7) is 8.90. The van der Waals surface area contributed by atoms with Crippen LogP contribution in [-0.4, -0.2) is 0 Å². The van der Waals surface area contributed by atoms with E-state index in [-0.39, 0.29) is 0 Å². The molecule has 0 saturated carbocycles. The molecule has 0 bridgehead atoms. The molecule has 0 nitrogen and oxygen atoms in total. The van der Waals surface area contributed by atoms with Crippen molar-refractivity contribution in [2.75, 3.05) is 0 Å².